The van der Waals surface area contributed by atoms with Crippen molar-refractivity contribution in [2.75, 3.05) is 18.1 Å². The fourth-order valence-corrected chi connectivity index (χ4v) is 4.20. The van der Waals surface area contributed by atoms with Crippen molar-refractivity contribution in [3.8, 4) is 11.1 Å². The molecule has 0 spiro atoms. The average molecular weight is 344 g/mol. The molecule has 24 heavy (non-hydrogen) atoms. The van der Waals surface area contributed by atoms with E-state index in [1.807, 2.05) is 54.6 Å². The van der Waals surface area contributed by atoms with Gasteiger partial charge in [0, 0.05) is 17.8 Å². The zero-order valence-corrected chi connectivity index (χ0v) is 14.3. The lowest BCUT2D eigenvalue weighted by Gasteiger charge is -2.22. The van der Waals surface area contributed by atoms with Gasteiger partial charge in [0.15, 0.2) is 0 Å². The third-order valence-electron chi connectivity index (χ3n) is 4.20. The normalized spacial score (nSPS) is 18.5. The summed E-state index contributed by atoms with van der Waals surface area (Å²) in [5.41, 5.74) is 2.60. The van der Waals surface area contributed by atoms with Crippen LogP contribution in [0.3, 0.4) is 0 Å². The maximum Gasteiger partial charge on any atom is 0.242 e. The third kappa shape index (κ3) is 3.49. The van der Waals surface area contributed by atoms with Crippen molar-refractivity contribution in [2.24, 2.45) is 0 Å². The van der Waals surface area contributed by atoms with Crippen molar-refractivity contribution < 1.29 is 13.2 Å². The average Bonchev–Trinajstić information content (AvgIpc) is 3.06. The Labute approximate surface area is 142 Å². The van der Waals surface area contributed by atoms with E-state index in [0.717, 1.165) is 17.4 Å². The SMILES string of the molecule is CS(=O)(=O)N1CCC[C@@H]1C(=O)Nc1ccccc1-c1ccccc1. The fourth-order valence-electron chi connectivity index (χ4n) is 3.08. The van der Waals surface area contributed by atoms with Gasteiger partial charge in [-0.2, -0.15) is 4.31 Å². The molecule has 0 saturated carbocycles. The molecule has 6 heteroatoms. The van der Waals surface area contributed by atoms with Crippen molar-refractivity contribution >= 4 is 21.6 Å². The lowest BCUT2D eigenvalue weighted by atomic mass is 10.0. The molecule has 0 unspecified atom stereocenters. The number of hydrogen-bond acceptors (Lipinski definition) is 3. The van der Waals surface area contributed by atoms with E-state index in [-0.39, 0.29) is 5.91 Å². The highest BCUT2D eigenvalue weighted by molar-refractivity contribution is 7.88. The van der Waals surface area contributed by atoms with E-state index < -0.39 is 16.1 Å². The standard InChI is InChI=1S/C18H20N2O3S/c1-24(22,23)20-13-7-12-17(20)18(21)19-16-11-6-5-10-15(16)14-8-3-2-4-9-14/h2-6,8-11,17H,7,12-13H2,1H3,(H,19,21)/t17-/m1/s1. The molecule has 1 fully saturated rings. The van der Waals surface area contributed by atoms with E-state index >= 15 is 0 Å². The van der Waals surface area contributed by atoms with Gasteiger partial charge >= 0.3 is 0 Å². The first kappa shape index (κ1) is 16.7. The molecule has 1 aliphatic heterocycles. The summed E-state index contributed by atoms with van der Waals surface area (Å²) < 4.78 is 25.0. The summed E-state index contributed by atoms with van der Waals surface area (Å²) in [4.78, 5) is 12.6. The molecule has 0 aromatic heterocycles. The minimum atomic E-state index is -3.38. The lowest BCUT2D eigenvalue weighted by Crippen LogP contribution is -2.42. The summed E-state index contributed by atoms with van der Waals surface area (Å²) in [6.45, 7) is 0.400. The number of carbonyl (C=O) groups is 1. The van der Waals surface area contributed by atoms with Crippen LogP contribution in [0.25, 0.3) is 11.1 Å². The van der Waals surface area contributed by atoms with Gasteiger partial charge in [-0.15, -0.1) is 0 Å². The molecule has 1 amide bonds. The summed E-state index contributed by atoms with van der Waals surface area (Å²) in [7, 11) is -3.38. The lowest BCUT2D eigenvalue weighted by molar-refractivity contribution is -0.119. The molecule has 5 nitrogen and oxygen atoms in total. The molecular formula is C18H20N2O3S. The third-order valence-corrected chi connectivity index (χ3v) is 5.49. The van der Waals surface area contributed by atoms with Crippen LogP contribution in [0, 0.1) is 0 Å². The Morgan fingerprint density at radius 1 is 1.08 bits per heavy atom. The number of carbonyl (C=O) groups excluding carboxylic acids is 1. The number of amides is 1. The Kier molecular flexibility index (Phi) is 4.69. The van der Waals surface area contributed by atoms with Crippen LogP contribution in [-0.4, -0.2) is 37.5 Å². The zero-order chi connectivity index (χ0) is 17.2. The smallest absolute Gasteiger partial charge is 0.242 e. The maximum absolute atomic E-state index is 12.6. The van der Waals surface area contributed by atoms with Gasteiger partial charge in [-0.1, -0.05) is 48.5 Å². The van der Waals surface area contributed by atoms with Gasteiger partial charge < -0.3 is 5.32 Å². The summed E-state index contributed by atoms with van der Waals surface area (Å²) in [6.07, 6.45) is 2.40. The van der Waals surface area contributed by atoms with Gasteiger partial charge in [0.25, 0.3) is 0 Å². The number of rotatable bonds is 4. The highest BCUT2D eigenvalue weighted by Crippen LogP contribution is 2.29. The van der Waals surface area contributed by atoms with Gasteiger partial charge in [-0.3, -0.25) is 4.79 Å². The van der Waals surface area contributed by atoms with Crippen LogP contribution in [0.2, 0.25) is 0 Å². The number of hydrogen-bond donors (Lipinski definition) is 1. The topological polar surface area (TPSA) is 66.5 Å². The number of sulfonamides is 1. The zero-order valence-electron chi connectivity index (χ0n) is 13.5. The Balaban J connectivity index is 1.86. The van der Waals surface area contributed by atoms with Crippen molar-refractivity contribution in [1.82, 2.24) is 4.31 Å². The quantitative estimate of drug-likeness (QED) is 0.927. The second-order valence-electron chi connectivity index (χ2n) is 5.93. The van der Waals surface area contributed by atoms with E-state index in [9.17, 15) is 13.2 Å². The van der Waals surface area contributed by atoms with Crippen molar-refractivity contribution in [3.05, 3.63) is 54.6 Å². The molecule has 3 rings (SSSR count). The molecule has 126 valence electrons. The van der Waals surface area contributed by atoms with E-state index in [0.29, 0.717) is 25.1 Å². The summed E-state index contributed by atoms with van der Waals surface area (Å²) in [5, 5.41) is 2.91. The Hall–Kier alpha value is -2.18. The Morgan fingerprint density at radius 2 is 1.75 bits per heavy atom. The van der Waals surface area contributed by atoms with Crippen LogP contribution >= 0.6 is 0 Å². The molecule has 0 aliphatic carbocycles. The highest BCUT2D eigenvalue weighted by Gasteiger charge is 2.36. The molecule has 1 atom stereocenters. The molecule has 2 aromatic rings. The van der Waals surface area contributed by atoms with E-state index in [4.69, 9.17) is 0 Å². The van der Waals surface area contributed by atoms with Gasteiger partial charge in [0.2, 0.25) is 15.9 Å². The predicted molar refractivity (Wildman–Crippen MR) is 95.1 cm³/mol. The summed E-state index contributed by atoms with van der Waals surface area (Å²) in [5.74, 6) is -0.277. The number of nitrogens with one attached hydrogen (secondary N) is 1. The predicted octanol–water partition coefficient (Wildman–Crippen LogP) is 2.72. The Morgan fingerprint density at radius 3 is 2.46 bits per heavy atom. The van der Waals surface area contributed by atoms with Crippen LogP contribution in [0.4, 0.5) is 5.69 Å². The number of anilines is 1. The van der Waals surface area contributed by atoms with Crippen molar-refractivity contribution in [2.45, 2.75) is 18.9 Å². The number of benzene rings is 2. The number of para-hydroxylation sites is 1. The first-order chi connectivity index (χ1) is 11.5. The van der Waals surface area contributed by atoms with Crippen LogP contribution in [-0.2, 0) is 14.8 Å². The van der Waals surface area contributed by atoms with Crippen LogP contribution < -0.4 is 5.32 Å². The summed E-state index contributed by atoms with van der Waals surface area (Å²) in [6, 6.07) is 16.7. The van der Waals surface area contributed by atoms with Crippen LogP contribution in [0.5, 0.6) is 0 Å². The van der Waals surface area contributed by atoms with Gasteiger partial charge in [-0.25, -0.2) is 8.42 Å². The first-order valence-corrected chi connectivity index (χ1v) is 9.74. The van der Waals surface area contributed by atoms with Crippen LogP contribution in [0.1, 0.15) is 12.8 Å². The monoisotopic (exact) mass is 344 g/mol. The maximum atomic E-state index is 12.6. The van der Waals surface area contributed by atoms with Gasteiger partial charge in [0.1, 0.15) is 6.04 Å². The molecule has 0 radical (unpaired) electrons. The van der Waals surface area contributed by atoms with Crippen molar-refractivity contribution in [3.63, 3.8) is 0 Å². The molecule has 1 saturated heterocycles. The molecule has 2 aromatic carbocycles. The number of nitrogens with zero attached hydrogens (tertiary/aromatic N) is 1. The molecule has 1 heterocycles. The second kappa shape index (κ2) is 6.75. The second-order valence-corrected chi connectivity index (χ2v) is 7.87. The summed E-state index contributed by atoms with van der Waals surface area (Å²) >= 11 is 0. The molecule has 1 aliphatic rings. The van der Waals surface area contributed by atoms with E-state index in [1.165, 1.54) is 4.31 Å². The molecule has 0 bridgehead atoms. The minimum absolute atomic E-state index is 0.277. The minimum Gasteiger partial charge on any atom is -0.324 e. The highest BCUT2D eigenvalue weighted by atomic mass is 32.2. The Bertz CT molecular complexity index is 834. The largest absolute Gasteiger partial charge is 0.324 e. The van der Waals surface area contributed by atoms with Gasteiger partial charge in [-0.05, 0) is 24.5 Å². The van der Waals surface area contributed by atoms with Crippen molar-refractivity contribution in [1.29, 1.82) is 0 Å². The molecular weight excluding hydrogens is 324 g/mol. The van der Waals surface area contributed by atoms with E-state index in [2.05, 4.69) is 5.32 Å². The van der Waals surface area contributed by atoms with Gasteiger partial charge in [0.05, 0.1) is 6.26 Å². The molecule has 1 N–H and O–H groups in total. The van der Waals surface area contributed by atoms with E-state index in [1.54, 1.807) is 0 Å². The first-order valence-electron chi connectivity index (χ1n) is 7.89. The van der Waals surface area contributed by atoms with Crippen LogP contribution in [0.15, 0.2) is 54.6 Å². The fraction of sp³-hybridized carbons (Fsp3) is 0.278.